The van der Waals surface area contributed by atoms with Gasteiger partial charge < -0.3 is 10.4 Å². The Balaban J connectivity index is 1.85. The van der Waals surface area contributed by atoms with E-state index in [1.807, 2.05) is 24.3 Å². The predicted octanol–water partition coefficient (Wildman–Crippen LogP) is 2.66. The second-order valence-corrected chi connectivity index (χ2v) is 8.32. The first-order chi connectivity index (χ1) is 12.9. The van der Waals surface area contributed by atoms with Gasteiger partial charge in [0.2, 0.25) is 5.78 Å². The van der Waals surface area contributed by atoms with Crippen molar-refractivity contribution in [2.45, 2.75) is 62.1 Å². The molecule has 1 aromatic rings. The molecule has 144 valence electrons. The number of hydrogen-bond acceptors (Lipinski definition) is 5. The summed E-state index contributed by atoms with van der Waals surface area (Å²) >= 11 is 5.42. The Bertz CT molecular complexity index is 794. The lowest BCUT2D eigenvalue weighted by Gasteiger charge is -2.46. The summed E-state index contributed by atoms with van der Waals surface area (Å²) in [5.74, 6) is -2.26. The number of nitrogens with one attached hydrogen (secondary N) is 2. The highest BCUT2D eigenvalue weighted by molar-refractivity contribution is 6.81. The van der Waals surface area contributed by atoms with Gasteiger partial charge in [-0.15, -0.1) is 0 Å². The second kappa shape index (κ2) is 6.91. The highest BCUT2D eigenvalue weighted by Crippen LogP contribution is 2.52. The number of carboxylic acid groups (broad SMARTS) is 1. The molecule has 0 amide bonds. The van der Waals surface area contributed by atoms with E-state index in [9.17, 15) is 19.5 Å². The molecule has 2 aliphatic carbocycles. The van der Waals surface area contributed by atoms with Crippen LogP contribution < -0.4 is 10.6 Å². The van der Waals surface area contributed by atoms with Crippen LogP contribution in [0.15, 0.2) is 24.3 Å². The third-order valence-corrected chi connectivity index (χ3v) is 6.46. The predicted molar refractivity (Wildman–Crippen MR) is 101 cm³/mol. The number of carbonyl (C=O) groups is 3. The molecule has 7 heteroatoms. The van der Waals surface area contributed by atoms with Crippen molar-refractivity contribution in [2.75, 3.05) is 5.32 Å². The third-order valence-electron chi connectivity index (χ3n) is 6.24. The van der Waals surface area contributed by atoms with Crippen LogP contribution in [0.25, 0.3) is 0 Å². The summed E-state index contributed by atoms with van der Waals surface area (Å²) in [5.41, 5.74) is 0.276. The Hall–Kier alpha value is -1.92. The standard InChI is InChI=1S/C20H23ClN2O4/c21-18(25)16(24)10-20(19(26)27,23-11-8-9-11)17-12-4-1-2-6-14(12)22-15-7-3-5-13(15)17/h1-2,4,6,11,13,15,17,22-23H,3,5,7-10H2,(H,26,27)/t13-,15+,17?,20?/m0/s1. The minimum Gasteiger partial charge on any atom is -0.480 e. The van der Waals surface area contributed by atoms with Crippen LogP contribution in [0.5, 0.6) is 0 Å². The van der Waals surface area contributed by atoms with Gasteiger partial charge in [-0.05, 0) is 54.8 Å². The first-order valence-corrected chi connectivity index (χ1v) is 9.89. The Morgan fingerprint density at radius 2 is 1.93 bits per heavy atom. The molecule has 0 aromatic heterocycles. The maximum Gasteiger partial charge on any atom is 0.325 e. The number of hydrogen-bond donors (Lipinski definition) is 3. The number of anilines is 1. The zero-order chi connectivity index (χ0) is 19.2. The highest BCUT2D eigenvalue weighted by atomic mass is 35.5. The van der Waals surface area contributed by atoms with Crippen molar-refractivity contribution in [3.8, 4) is 0 Å². The summed E-state index contributed by atoms with van der Waals surface area (Å²) in [6, 6.07) is 7.92. The summed E-state index contributed by atoms with van der Waals surface area (Å²) < 4.78 is 0. The zero-order valence-corrected chi connectivity index (χ0v) is 15.7. The van der Waals surface area contributed by atoms with Gasteiger partial charge in [0.05, 0.1) is 0 Å². The van der Waals surface area contributed by atoms with Crippen LogP contribution in [0, 0.1) is 5.92 Å². The molecule has 1 heterocycles. The molecule has 3 N–H and O–H groups in total. The largest absolute Gasteiger partial charge is 0.480 e. The lowest BCUT2D eigenvalue weighted by molar-refractivity contribution is -0.150. The Morgan fingerprint density at radius 1 is 1.19 bits per heavy atom. The van der Waals surface area contributed by atoms with Crippen molar-refractivity contribution in [2.24, 2.45) is 5.92 Å². The molecule has 0 bridgehead atoms. The zero-order valence-electron chi connectivity index (χ0n) is 14.9. The summed E-state index contributed by atoms with van der Waals surface area (Å²) in [7, 11) is 0. The number of fused-ring (bicyclic) bond motifs is 2. The maximum absolute atomic E-state index is 12.7. The van der Waals surface area contributed by atoms with Crippen LogP contribution in [-0.2, 0) is 14.4 Å². The molecule has 4 atom stereocenters. The van der Waals surface area contributed by atoms with E-state index in [0.717, 1.165) is 43.4 Å². The van der Waals surface area contributed by atoms with E-state index >= 15 is 0 Å². The third kappa shape index (κ3) is 3.25. The second-order valence-electron chi connectivity index (χ2n) is 7.98. The SMILES string of the molecule is O=C(Cl)C(=O)CC(NC1CC1)(C(=O)O)C1c2ccccc2N[C@@H]2CCC[C@H]12. The van der Waals surface area contributed by atoms with Gasteiger partial charge in [-0.25, -0.2) is 0 Å². The minimum absolute atomic E-state index is 0.0567. The molecule has 2 unspecified atom stereocenters. The van der Waals surface area contributed by atoms with E-state index in [1.54, 1.807) is 0 Å². The molecule has 6 nitrogen and oxygen atoms in total. The van der Waals surface area contributed by atoms with Crippen LogP contribution in [-0.4, -0.2) is 39.7 Å². The first-order valence-electron chi connectivity index (χ1n) is 9.51. The van der Waals surface area contributed by atoms with E-state index in [0.29, 0.717) is 0 Å². The van der Waals surface area contributed by atoms with E-state index < -0.39 is 34.9 Å². The fraction of sp³-hybridized carbons (Fsp3) is 0.550. The topological polar surface area (TPSA) is 95.5 Å². The molecule has 4 rings (SSSR count). The molecule has 1 aromatic carbocycles. The average Bonchev–Trinajstić information content (AvgIpc) is 3.32. The molecule has 0 saturated heterocycles. The lowest BCUT2D eigenvalue weighted by Crippen LogP contribution is -2.62. The monoisotopic (exact) mass is 390 g/mol. The van der Waals surface area contributed by atoms with E-state index in [-0.39, 0.29) is 18.0 Å². The van der Waals surface area contributed by atoms with Gasteiger partial charge in [0.15, 0.2) is 0 Å². The average molecular weight is 391 g/mol. The summed E-state index contributed by atoms with van der Waals surface area (Å²) in [6.07, 6.45) is 4.19. The minimum atomic E-state index is -1.53. The number of rotatable bonds is 7. The lowest BCUT2D eigenvalue weighted by atomic mass is 9.65. The van der Waals surface area contributed by atoms with Crippen molar-refractivity contribution in [1.29, 1.82) is 0 Å². The number of halogens is 1. The van der Waals surface area contributed by atoms with Crippen LogP contribution in [0.4, 0.5) is 5.69 Å². The van der Waals surface area contributed by atoms with Crippen LogP contribution in [0.1, 0.15) is 50.0 Å². The van der Waals surface area contributed by atoms with Crippen molar-refractivity contribution in [1.82, 2.24) is 5.32 Å². The molecular weight excluding hydrogens is 368 g/mol. The summed E-state index contributed by atoms with van der Waals surface area (Å²) in [6.45, 7) is 0. The van der Waals surface area contributed by atoms with Gasteiger partial charge in [-0.2, -0.15) is 0 Å². The Labute approximate surface area is 162 Å². The molecule has 3 aliphatic rings. The van der Waals surface area contributed by atoms with Gasteiger partial charge in [0.25, 0.3) is 5.24 Å². The van der Waals surface area contributed by atoms with Gasteiger partial charge >= 0.3 is 5.97 Å². The van der Waals surface area contributed by atoms with Crippen LogP contribution in [0.2, 0.25) is 0 Å². The quantitative estimate of drug-likeness (QED) is 0.489. The van der Waals surface area contributed by atoms with E-state index in [4.69, 9.17) is 11.6 Å². The smallest absolute Gasteiger partial charge is 0.325 e. The number of para-hydroxylation sites is 1. The van der Waals surface area contributed by atoms with Gasteiger partial charge in [-0.1, -0.05) is 24.6 Å². The molecule has 1 aliphatic heterocycles. The molecule has 2 fully saturated rings. The van der Waals surface area contributed by atoms with Crippen LogP contribution in [0.3, 0.4) is 0 Å². The number of aliphatic carboxylic acids is 1. The summed E-state index contributed by atoms with van der Waals surface area (Å²) in [4.78, 5) is 36.4. The van der Waals surface area contributed by atoms with Gasteiger partial charge in [-0.3, -0.25) is 19.7 Å². The van der Waals surface area contributed by atoms with E-state index in [1.165, 1.54) is 0 Å². The van der Waals surface area contributed by atoms with Crippen molar-refractivity contribution >= 4 is 34.3 Å². The van der Waals surface area contributed by atoms with Gasteiger partial charge in [0.1, 0.15) is 5.54 Å². The molecular formula is C20H23ClN2O4. The molecule has 2 saturated carbocycles. The first kappa shape index (κ1) is 18.4. The molecule has 0 spiro atoms. The number of benzene rings is 1. The van der Waals surface area contributed by atoms with Gasteiger partial charge in [0, 0.05) is 30.1 Å². The fourth-order valence-electron chi connectivity index (χ4n) is 4.96. The Kier molecular flexibility index (Phi) is 4.72. The highest BCUT2D eigenvalue weighted by Gasteiger charge is 2.57. The number of carbonyl (C=O) groups excluding carboxylic acids is 2. The number of carboxylic acids is 1. The maximum atomic E-state index is 12.7. The fourth-order valence-corrected chi connectivity index (χ4v) is 5.03. The van der Waals surface area contributed by atoms with Crippen molar-refractivity contribution < 1.29 is 19.5 Å². The molecule has 27 heavy (non-hydrogen) atoms. The Morgan fingerprint density at radius 3 is 2.59 bits per heavy atom. The normalized spacial score (nSPS) is 28.4. The number of ketones is 1. The number of Topliss-reactive ketones (excluding diaryl/α,β-unsaturated/α-hetero) is 1. The summed E-state index contributed by atoms with van der Waals surface area (Å²) in [5, 5.41) is 16.0. The van der Waals surface area contributed by atoms with Crippen LogP contribution >= 0.6 is 11.6 Å². The van der Waals surface area contributed by atoms with Crippen molar-refractivity contribution in [3.05, 3.63) is 29.8 Å². The van der Waals surface area contributed by atoms with E-state index in [2.05, 4.69) is 10.6 Å². The van der Waals surface area contributed by atoms with Crippen molar-refractivity contribution in [3.63, 3.8) is 0 Å². The molecule has 0 radical (unpaired) electrons.